The first kappa shape index (κ1) is 10.2. The van der Waals surface area contributed by atoms with Crippen LogP contribution in [0.2, 0.25) is 0 Å². The summed E-state index contributed by atoms with van der Waals surface area (Å²) in [4.78, 5) is 7.29. The zero-order valence-electron chi connectivity index (χ0n) is 9.11. The maximum absolute atomic E-state index is 8.75. The Balaban J connectivity index is 2.53. The van der Waals surface area contributed by atoms with Crippen LogP contribution in [0.25, 0.3) is 11.3 Å². The molecule has 4 heteroatoms. The Kier molecular flexibility index (Phi) is 2.61. The molecule has 0 amide bonds. The molecule has 0 saturated carbocycles. The normalized spacial score (nSPS) is 9.81. The van der Waals surface area contributed by atoms with Gasteiger partial charge in [-0.05, 0) is 31.2 Å². The van der Waals surface area contributed by atoms with Gasteiger partial charge in [0, 0.05) is 5.69 Å². The van der Waals surface area contributed by atoms with E-state index in [2.05, 4.69) is 9.97 Å². The van der Waals surface area contributed by atoms with Gasteiger partial charge in [-0.2, -0.15) is 5.26 Å². The van der Waals surface area contributed by atoms with E-state index in [1.54, 1.807) is 13.2 Å². The Morgan fingerprint density at radius 2 is 2.12 bits per heavy atom. The van der Waals surface area contributed by atoms with Crippen molar-refractivity contribution in [2.75, 3.05) is 7.11 Å². The summed E-state index contributed by atoms with van der Waals surface area (Å²) in [6.07, 6.45) is 0. The number of aromatic nitrogens is 2. The lowest BCUT2D eigenvalue weighted by Gasteiger charge is -2.05. The molecular weight excluding hydrogens is 202 g/mol. The van der Waals surface area contributed by atoms with Crippen LogP contribution in [0.1, 0.15) is 11.4 Å². The summed E-state index contributed by atoms with van der Waals surface area (Å²) in [6.45, 7) is 1.98. The molecule has 80 valence electrons. The van der Waals surface area contributed by atoms with Gasteiger partial charge in [0.2, 0.25) is 5.88 Å². The van der Waals surface area contributed by atoms with Crippen molar-refractivity contribution in [2.45, 2.75) is 6.92 Å². The molecule has 2 heterocycles. The molecular formula is C12H11N3O. The molecule has 2 rings (SSSR count). The van der Waals surface area contributed by atoms with E-state index in [4.69, 9.17) is 10.00 Å². The zero-order chi connectivity index (χ0) is 11.5. The summed E-state index contributed by atoms with van der Waals surface area (Å²) in [5, 5.41) is 8.75. The van der Waals surface area contributed by atoms with Crippen molar-refractivity contribution in [3.05, 3.63) is 35.7 Å². The summed E-state index contributed by atoms with van der Waals surface area (Å²) in [6, 6.07) is 9.43. The summed E-state index contributed by atoms with van der Waals surface area (Å²) in [7, 11) is 1.54. The van der Waals surface area contributed by atoms with Gasteiger partial charge in [-0.3, -0.25) is 0 Å². The van der Waals surface area contributed by atoms with Crippen LogP contribution in [0.15, 0.2) is 24.3 Å². The van der Waals surface area contributed by atoms with Crippen LogP contribution in [-0.2, 0) is 0 Å². The van der Waals surface area contributed by atoms with Crippen molar-refractivity contribution in [3.63, 3.8) is 0 Å². The molecule has 0 aliphatic carbocycles. The zero-order valence-corrected chi connectivity index (χ0v) is 9.11. The van der Waals surface area contributed by atoms with Crippen LogP contribution in [0.5, 0.6) is 5.88 Å². The topological polar surface area (TPSA) is 61.7 Å². The van der Waals surface area contributed by atoms with Crippen molar-refractivity contribution in [1.82, 2.24) is 9.97 Å². The van der Waals surface area contributed by atoms with Gasteiger partial charge in [-0.1, -0.05) is 0 Å². The molecule has 0 aliphatic rings. The van der Waals surface area contributed by atoms with E-state index in [9.17, 15) is 0 Å². The fourth-order valence-corrected chi connectivity index (χ4v) is 1.52. The molecule has 16 heavy (non-hydrogen) atoms. The molecule has 0 saturated heterocycles. The number of pyridine rings is 1. The number of methoxy groups -OCH3 is 1. The van der Waals surface area contributed by atoms with Crippen molar-refractivity contribution in [3.8, 4) is 23.2 Å². The van der Waals surface area contributed by atoms with Crippen LogP contribution in [0, 0.1) is 18.3 Å². The Morgan fingerprint density at radius 3 is 2.69 bits per heavy atom. The Labute approximate surface area is 93.5 Å². The predicted octanol–water partition coefficient (Wildman–Crippen LogP) is 2.27. The van der Waals surface area contributed by atoms with Gasteiger partial charge in [-0.25, -0.2) is 4.98 Å². The Morgan fingerprint density at radius 1 is 1.31 bits per heavy atom. The molecule has 0 bridgehead atoms. The van der Waals surface area contributed by atoms with Gasteiger partial charge in [0.15, 0.2) is 0 Å². The average molecular weight is 213 g/mol. The van der Waals surface area contributed by atoms with Gasteiger partial charge in [-0.15, -0.1) is 0 Å². The van der Waals surface area contributed by atoms with Crippen LogP contribution in [-0.4, -0.2) is 17.1 Å². The summed E-state index contributed by atoms with van der Waals surface area (Å²) < 4.78 is 5.17. The predicted molar refractivity (Wildman–Crippen MR) is 60.0 cm³/mol. The molecule has 0 unspecified atom stereocenters. The minimum absolute atomic E-state index is 0.351. The molecule has 0 spiro atoms. The summed E-state index contributed by atoms with van der Waals surface area (Å²) in [5.41, 5.74) is 3.21. The quantitative estimate of drug-likeness (QED) is 0.832. The highest BCUT2D eigenvalue weighted by Crippen LogP contribution is 2.27. The van der Waals surface area contributed by atoms with E-state index in [-0.39, 0.29) is 0 Å². The standard InChI is InChI=1S/C12H11N3O/c1-8-3-6-11(14-8)10-5-4-9(7-13)15-12(10)16-2/h3-6,14H,1-2H3. The van der Waals surface area contributed by atoms with E-state index < -0.39 is 0 Å². The molecule has 4 nitrogen and oxygen atoms in total. The molecule has 0 aliphatic heterocycles. The van der Waals surface area contributed by atoms with Gasteiger partial charge in [0.05, 0.1) is 18.4 Å². The molecule has 0 fully saturated rings. The Bertz CT molecular complexity index is 552. The van der Waals surface area contributed by atoms with Crippen LogP contribution in [0.3, 0.4) is 0 Å². The van der Waals surface area contributed by atoms with Crippen LogP contribution < -0.4 is 4.74 Å². The minimum atomic E-state index is 0.351. The first-order valence-corrected chi connectivity index (χ1v) is 4.85. The molecule has 2 aromatic rings. The molecule has 0 radical (unpaired) electrons. The number of nitriles is 1. The maximum Gasteiger partial charge on any atom is 0.223 e. The van der Waals surface area contributed by atoms with Crippen LogP contribution >= 0.6 is 0 Å². The number of nitrogens with zero attached hydrogens (tertiary/aromatic N) is 2. The fraction of sp³-hybridized carbons (Fsp3) is 0.167. The van der Waals surface area contributed by atoms with E-state index >= 15 is 0 Å². The van der Waals surface area contributed by atoms with Crippen molar-refractivity contribution in [1.29, 1.82) is 5.26 Å². The molecule has 0 aromatic carbocycles. The third-order valence-electron chi connectivity index (χ3n) is 2.29. The number of rotatable bonds is 2. The monoisotopic (exact) mass is 213 g/mol. The number of aryl methyl sites for hydroxylation is 1. The highest BCUT2D eigenvalue weighted by molar-refractivity contribution is 5.66. The van der Waals surface area contributed by atoms with E-state index in [0.29, 0.717) is 11.6 Å². The number of hydrogen-bond acceptors (Lipinski definition) is 3. The smallest absolute Gasteiger partial charge is 0.223 e. The van der Waals surface area contributed by atoms with Crippen molar-refractivity contribution in [2.24, 2.45) is 0 Å². The fourth-order valence-electron chi connectivity index (χ4n) is 1.52. The van der Waals surface area contributed by atoms with E-state index in [1.165, 1.54) is 0 Å². The largest absolute Gasteiger partial charge is 0.480 e. The number of ether oxygens (including phenoxy) is 1. The second kappa shape index (κ2) is 4.07. The van der Waals surface area contributed by atoms with Gasteiger partial charge < -0.3 is 9.72 Å². The van der Waals surface area contributed by atoms with Crippen molar-refractivity contribution < 1.29 is 4.74 Å². The second-order valence-electron chi connectivity index (χ2n) is 3.42. The van der Waals surface area contributed by atoms with Crippen LogP contribution in [0.4, 0.5) is 0 Å². The van der Waals surface area contributed by atoms with E-state index in [0.717, 1.165) is 17.0 Å². The lowest BCUT2D eigenvalue weighted by Crippen LogP contribution is -1.94. The maximum atomic E-state index is 8.75. The first-order valence-electron chi connectivity index (χ1n) is 4.85. The van der Waals surface area contributed by atoms with Gasteiger partial charge in [0.1, 0.15) is 11.8 Å². The number of hydrogen-bond donors (Lipinski definition) is 1. The first-order chi connectivity index (χ1) is 7.74. The van der Waals surface area contributed by atoms with Gasteiger partial charge in [0.25, 0.3) is 0 Å². The number of aromatic amines is 1. The van der Waals surface area contributed by atoms with Gasteiger partial charge >= 0.3 is 0 Å². The number of nitrogens with one attached hydrogen (secondary N) is 1. The summed E-state index contributed by atoms with van der Waals surface area (Å²) in [5.74, 6) is 0.459. The van der Waals surface area contributed by atoms with E-state index in [1.807, 2.05) is 31.2 Å². The average Bonchev–Trinajstić information content (AvgIpc) is 2.74. The Hall–Kier alpha value is -2.28. The second-order valence-corrected chi connectivity index (χ2v) is 3.42. The number of H-pyrrole nitrogens is 1. The highest BCUT2D eigenvalue weighted by atomic mass is 16.5. The lowest BCUT2D eigenvalue weighted by molar-refractivity contribution is 0.399. The third kappa shape index (κ3) is 1.75. The third-order valence-corrected chi connectivity index (χ3v) is 2.29. The molecule has 1 N–H and O–H groups in total. The SMILES string of the molecule is COc1nc(C#N)ccc1-c1ccc(C)[nH]1. The lowest BCUT2D eigenvalue weighted by atomic mass is 10.2. The molecule has 0 atom stereocenters. The van der Waals surface area contributed by atoms with Crippen molar-refractivity contribution >= 4 is 0 Å². The minimum Gasteiger partial charge on any atom is -0.480 e. The molecule has 2 aromatic heterocycles. The highest BCUT2D eigenvalue weighted by Gasteiger charge is 2.09. The summed E-state index contributed by atoms with van der Waals surface area (Å²) >= 11 is 0.